The van der Waals surface area contributed by atoms with Gasteiger partial charge in [-0.05, 0) is 24.0 Å². The third-order valence-corrected chi connectivity index (χ3v) is 4.74. The zero-order chi connectivity index (χ0) is 18.2. The van der Waals surface area contributed by atoms with Gasteiger partial charge in [0.25, 0.3) is 0 Å². The number of nitrogens with two attached hydrogens (primary N) is 1. The molecule has 0 bridgehead atoms. The molecule has 0 aromatic heterocycles. The lowest BCUT2D eigenvalue weighted by Crippen LogP contribution is -2.49. The van der Waals surface area contributed by atoms with Crippen LogP contribution in [0.3, 0.4) is 0 Å². The van der Waals surface area contributed by atoms with Crippen LogP contribution in [0.5, 0.6) is 0 Å². The number of nitrogens with zero attached hydrogens (tertiary/aromatic N) is 1. The van der Waals surface area contributed by atoms with E-state index in [0.29, 0.717) is 19.7 Å². The first-order chi connectivity index (χ1) is 12.7. The summed E-state index contributed by atoms with van der Waals surface area (Å²) in [5.41, 5.74) is 8.37. The average molecular weight is 390 g/mol. The molecule has 0 saturated carbocycles. The predicted octanol–water partition coefficient (Wildman–Crippen LogP) is 3.50. The van der Waals surface area contributed by atoms with Crippen LogP contribution in [0.1, 0.15) is 30.0 Å². The van der Waals surface area contributed by atoms with Gasteiger partial charge in [0.15, 0.2) is 0 Å². The van der Waals surface area contributed by atoms with Crippen molar-refractivity contribution in [2.45, 2.75) is 31.5 Å². The average Bonchev–Trinajstić information content (AvgIpc) is 2.72. The fourth-order valence-corrected chi connectivity index (χ4v) is 3.23. The maximum atomic E-state index is 12.3. The number of halogens is 1. The van der Waals surface area contributed by atoms with Gasteiger partial charge in [-0.15, -0.1) is 12.4 Å². The zero-order valence-corrected chi connectivity index (χ0v) is 16.2. The molecule has 146 valence electrons. The highest BCUT2D eigenvalue weighted by Crippen LogP contribution is 2.14. The van der Waals surface area contributed by atoms with Crippen molar-refractivity contribution in [2.75, 3.05) is 19.6 Å². The van der Waals surface area contributed by atoms with E-state index >= 15 is 0 Å². The highest BCUT2D eigenvalue weighted by Gasteiger charge is 2.24. The van der Waals surface area contributed by atoms with E-state index in [1.54, 1.807) is 4.90 Å². The van der Waals surface area contributed by atoms with Gasteiger partial charge in [-0.25, -0.2) is 4.79 Å². The third kappa shape index (κ3) is 6.54. The van der Waals surface area contributed by atoms with Gasteiger partial charge in [0.1, 0.15) is 6.61 Å². The minimum atomic E-state index is -0.243. The smallest absolute Gasteiger partial charge is 0.410 e. The van der Waals surface area contributed by atoms with Gasteiger partial charge in [0.2, 0.25) is 0 Å². The monoisotopic (exact) mass is 389 g/mol. The van der Waals surface area contributed by atoms with Crippen LogP contribution < -0.4 is 11.1 Å². The Morgan fingerprint density at radius 2 is 1.81 bits per heavy atom. The molecule has 1 aliphatic heterocycles. The van der Waals surface area contributed by atoms with Gasteiger partial charge in [0, 0.05) is 31.7 Å². The molecule has 1 heterocycles. The topological polar surface area (TPSA) is 67.6 Å². The van der Waals surface area contributed by atoms with Crippen LogP contribution in [-0.4, -0.2) is 36.7 Å². The summed E-state index contributed by atoms with van der Waals surface area (Å²) in [6.07, 6.45) is 1.77. The number of hydrogen-bond donors (Lipinski definition) is 2. The Balaban J connectivity index is 0.00000261. The van der Waals surface area contributed by atoms with Gasteiger partial charge >= 0.3 is 6.09 Å². The first kappa shape index (κ1) is 21.2. The van der Waals surface area contributed by atoms with E-state index in [1.165, 1.54) is 0 Å². The van der Waals surface area contributed by atoms with Crippen molar-refractivity contribution in [3.05, 3.63) is 71.8 Å². The van der Waals surface area contributed by atoms with E-state index in [2.05, 4.69) is 5.32 Å². The van der Waals surface area contributed by atoms with Crippen LogP contribution in [-0.2, 0) is 11.3 Å². The lowest BCUT2D eigenvalue weighted by Gasteiger charge is -2.33. The highest BCUT2D eigenvalue weighted by molar-refractivity contribution is 5.85. The molecule has 1 unspecified atom stereocenters. The van der Waals surface area contributed by atoms with E-state index in [9.17, 15) is 4.79 Å². The van der Waals surface area contributed by atoms with Gasteiger partial charge in [-0.3, -0.25) is 0 Å². The molecule has 1 saturated heterocycles. The predicted molar refractivity (Wildman–Crippen MR) is 110 cm³/mol. The summed E-state index contributed by atoms with van der Waals surface area (Å²) in [7, 11) is 0. The summed E-state index contributed by atoms with van der Waals surface area (Å²) in [5.74, 6) is 0. The minimum absolute atomic E-state index is 0. The molecule has 1 aliphatic rings. The minimum Gasteiger partial charge on any atom is -0.445 e. The Morgan fingerprint density at radius 1 is 1.15 bits per heavy atom. The summed E-state index contributed by atoms with van der Waals surface area (Å²) in [5, 5.41) is 3.50. The lowest BCUT2D eigenvalue weighted by atomic mass is 10.0. The van der Waals surface area contributed by atoms with Crippen LogP contribution in [0.4, 0.5) is 4.79 Å². The van der Waals surface area contributed by atoms with Crippen LogP contribution in [0.25, 0.3) is 0 Å². The molecule has 27 heavy (non-hydrogen) atoms. The molecule has 0 aliphatic carbocycles. The second-order valence-corrected chi connectivity index (χ2v) is 6.75. The molecule has 1 fully saturated rings. The van der Waals surface area contributed by atoms with Crippen molar-refractivity contribution in [3.8, 4) is 0 Å². The van der Waals surface area contributed by atoms with Crippen molar-refractivity contribution in [2.24, 2.45) is 5.73 Å². The number of piperidine rings is 1. The number of hydrogen-bond acceptors (Lipinski definition) is 4. The number of carbonyl (C=O) groups excluding carboxylic acids is 1. The second kappa shape index (κ2) is 10.9. The molecule has 3 rings (SSSR count). The van der Waals surface area contributed by atoms with Crippen LogP contribution >= 0.6 is 12.4 Å². The van der Waals surface area contributed by atoms with Crippen molar-refractivity contribution in [1.82, 2.24) is 10.2 Å². The number of rotatable bonds is 6. The van der Waals surface area contributed by atoms with Gasteiger partial charge in [0.05, 0.1) is 0 Å². The molecule has 6 heteroatoms. The summed E-state index contributed by atoms with van der Waals surface area (Å²) in [4.78, 5) is 14.1. The highest BCUT2D eigenvalue weighted by atomic mass is 35.5. The zero-order valence-electron chi connectivity index (χ0n) is 15.4. The van der Waals surface area contributed by atoms with Gasteiger partial charge in [-0.1, -0.05) is 60.7 Å². The molecule has 3 N–H and O–H groups in total. The summed E-state index contributed by atoms with van der Waals surface area (Å²) >= 11 is 0. The molecule has 0 radical (unpaired) electrons. The SMILES string of the molecule is Cl.NC(CN[C@H]1CCCN(C(=O)OCc2ccccc2)C1)c1ccccc1. The Labute approximate surface area is 167 Å². The Hall–Kier alpha value is -2.08. The molecule has 2 aromatic rings. The third-order valence-electron chi connectivity index (χ3n) is 4.74. The molecule has 2 aromatic carbocycles. The molecule has 5 nitrogen and oxygen atoms in total. The number of ether oxygens (including phenoxy) is 1. The fraction of sp³-hybridized carbons (Fsp3) is 0.381. The fourth-order valence-electron chi connectivity index (χ4n) is 3.23. The molecule has 1 amide bonds. The van der Waals surface area contributed by atoms with Crippen molar-refractivity contribution < 1.29 is 9.53 Å². The maximum Gasteiger partial charge on any atom is 0.410 e. The van der Waals surface area contributed by atoms with E-state index < -0.39 is 0 Å². The maximum absolute atomic E-state index is 12.3. The van der Waals surface area contributed by atoms with Crippen LogP contribution in [0, 0.1) is 0 Å². The van der Waals surface area contributed by atoms with Crippen LogP contribution in [0.2, 0.25) is 0 Å². The first-order valence-corrected chi connectivity index (χ1v) is 9.22. The normalized spacial score (nSPS) is 17.7. The Morgan fingerprint density at radius 3 is 2.52 bits per heavy atom. The first-order valence-electron chi connectivity index (χ1n) is 9.22. The number of benzene rings is 2. The summed E-state index contributed by atoms with van der Waals surface area (Å²) < 4.78 is 5.45. The lowest BCUT2D eigenvalue weighted by molar-refractivity contribution is 0.0832. The standard InChI is InChI=1S/C21H27N3O2.ClH/c22-20(18-10-5-2-6-11-18)14-23-19-12-7-13-24(15-19)21(25)26-16-17-8-3-1-4-9-17;/h1-6,8-11,19-20,23H,7,12-16,22H2;1H/t19-,20?;/m0./s1. The number of nitrogens with one attached hydrogen (secondary N) is 1. The van der Waals surface area contributed by atoms with Crippen molar-refractivity contribution >= 4 is 18.5 Å². The van der Waals surface area contributed by atoms with E-state index in [-0.39, 0.29) is 30.6 Å². The van der Waals surface area contributed by atoms with E-state index in [0.717, 1.165) is 30.5 Å². The molecular weight excluding hydrogens is 362 g/mol. The second-order valence-electron chi connectivity index (χ2n) is 6.75. The number of amides is 1. The van der Waals surface area contributed by atoms with Gasteiger partial charge < -0.3 is 20.7 Å². The van der Waals surface area contributed by atoms with Crippen LogP contribution in [0.15, 0.2) is 60.7 Å². The molecule has 0 spiro atoms. The summed E-state index contributed by atoms with van der Waals surface area (Å²) in [6.45, 7) is 2.42. The quantitative estimate of drug-likeness (QED) is 0.793. The van der Waals surface area contributed by atoms with Crippen molar-refractivity contribution in [3.63, 3.8) is 0 Å². The Kier molecular flexibility index (Phi) is 8.58. The Bertz CT molecular complexity index is 684. The molecular formula is C21H28ClN3O2. The van der Waals surface area contributed by atoms with Gasteiger partial charge in [-0.2, -0.15) is 0 Å². The number of likely N-dealkylation sites (tertiary alicyclic amines) is 1. The molecule has 2 atom stereocenters. The van der Waals surface area contributed by atoms with Crippen molar-refractivity contribution in [1.29, 1.82) is 0 Å². The largest absolute Gasteiger partial charge is 0.445 e. The van der Waals surface area contributed by atoms with E-state index in [4.69, 9.17) is 10.5 Å². The van der Waals surface area contributed by atoms with E-state index in [1.807, 2.05) is 60.7 Å². The number of carbonyl (C=O) groups is 1. The summed E-state index contributed by atoms with van der Waals surface area (Å²) in [6, 6.07) is 20.0.